The smallest absolute Gasteiger partial charge is 0.416 e. The van der Waals surface area contributed by atoms with Gasteiger partial charge in [0.15, 0.2) is 0 Å². The fourth-order valence-corrected chi connectivity index (χ4v) is 4.49. The minimum Gasteiger partial charge on any atom is -0.478 e. The van der Waals surface area contributed by atoms with Gasteiger partial charge in [-0.2, -0.15) is 26.3 Å². The van der Waals surface area contributed by atoms with Gasteiger partial charge < -0.3 is 35.1 Å². The highest BCUT2D eigenvalue weighted by molar-refractivity contribution is 8.26. The van der Waals surface area contributed by atoms with E-state index in [-0.39, 0.29) is 48.6 Å². The number of carbonyl (C=O) groups excluding carboxylic acids is 3. The van der Waals surface area contributed by atoms with E-state index in [0.717, 1.165) is 30.3 Å². The molecule has 0 bridgehead atoms. The highest BCUT2D eigenvalue weighted by atomic mass is 36.0. The van der Waals surface area contributed by atoms with Crippen molar-refractivity contribution in [3.63, 3.8) is 0 Å². The average Bonchev–Trinajstić information content (AvgIpc) is 3.17. The van der Waals surface area contributed by atoms with E-state index in [2.05, 4.69) is 32.0 Å². The van der Waals surface area contributed by atoms with Crippen LogP contribution < -0.4 is 20.1 Å². The number of aliphatic hydroxyl groups excluding tert-OH is 1. The van der Waals surface area contributed by atoms with Gasteiger partial charge in [0.2, 0.25) is 33.2 Å². The van der Waals surface area contributed by atoms with Crippen molar-refractivity contribution in [1.29, 1.82) is 0 Å². The summed E-state index contributed by atoms with van der Waals surface area (Å²) in [7, 11) is 7.36. The maximum absolute atomic E-state index is 12.9. The number of carboxylic acid groups (broad SMARTS) is 1. The highest BCUT2D eigenvalue weighted by Gasteiger charge is 2.33. The van der Waals surface area contributed by atoms with Gasteiger partial charge >= 0.3 is 24.3 Å². The third-order valence-corrected chi connectivity index (χ3v) is 7.32. The summed E-state index contributed by atoms with van der Waals surface area (Å²) in [6.45, 7) is 3.08. The van der Waals surface area contributed by atoms with E-state index in [1.54, 1.807) is 0 Å². The molecule has 0 aromatic heterocycles. The number of nitrogens with one attached hydrogen (secondary N) is 2. The SMILES string of the molecule is CC(=O)NCCO.CC(=O)NCCOC(=O)C(Oc1cccc(C(F)(F)F)c1)c1ccc(Cl)cc1.O=C(O)C(Oc1cccc(C(F)(F)F)c1)c1ccc(Cl)cc1.O=S(Cl)Cl. The van der Waals surface area contributed by atoms with Crippen molar-refractivity contribution < 1.29 is 74.2 Å². The van der Waals surface area contributed by atoms with Gasteiger partial charge in [0.25, 0.3) is 0 Å². The van der Waals surface area contributed by atoms with Crippen LogP contribution in [0.1, 0.15) is 48.3 Å². The van der Waals surface area contributed by atoms with E-state index in [1.165, 1.54) is 80.6 Å². The number of halogens is 10. The zero-order valence-corrected chi connectivity index (χ0v) is 35.4. The summed E-state index contributed by atoms with van der Waals surface area (Å²) in [6.07, 6.45) is -11.8. The summed E-state index contributed by atoms with van der Waals surface area (Å²) in [5, 5.41) is 23.0. The molecule has 0 spiro atoms. The van der Waals surface area contributed by atoms with Gasteiger partial charge in [-0.1, -0.05) is 59.6 Å². The summed E-state index contributed by atoms with van der Waals surface area (Å²) in [5.74, 6) is -2.85. The number of aliphatic carboxylic acids is 1. The Labute approximate surface area is 366 Å². The van der Waals surface area contributed by atoms with Crippen molar-refractivity contribution in [2.45, 2.75) is 38.4 Å². The number of benzene rings is 4. The van der Waals surface area contributed by atoms with Crippen molar-refractivity contribution in [3.05, 3.63) is 129 Å². The Balaban J connectivity index is 0.000000498. The Bertz CT molecular complexity index is 2030. The molecule has 2 amide bonds. The number of esters is 1. The molecule has 0 fully saturated rings. The highest BCUT2D eigenvalue weighted by Crippen LogP contribution is 2.34. The van der Waals surface area contributed by atoms with E-state index in [0.29, 0.717) is 22.2 Å². The molecule has 23 heteroatoms. The van der Waals surface area contributed by atoms with Gasteiger partial charge in [-0.25, -0.2) is 13.8 Å². The van der Waals surface area contributed by atoms with Crippen LogP contribution in [0.3, 0.4) is 0 Å². The lowest BCUT2D eigenvalue weighted by atomic mass is 10.1. The first-order valence-corrected chi connectivity index (χ1v) is 20.4. The molecule has 4 aromatic carbocycles. The largest absolute Gasteiger partial charge is 0.478 e. The number of alkyl halides is 6. The lowest BCUT2D eigenvalue weighted by Crippen LogP contribution is -2.28. The van der Waals surface area contributed by atoms with Crippen LogP contribution in [0.5, 0.6) is 11.5 Å². The second-order valence-electron chi connectivity index (χ2n) is 11.5. The Morgan fingerprint density at radius 3 is 1.39 bits per heavy atom. The van der Waals surface area contributed by atoms with Crippen LogP contribution in [0.4, 0.5) is 26.3 Å². The lowest BCUT2D eigenvalue weighted by molar-refractivity contribution is -0.152. The predicted octanol–water partition coefficient (Wildman–Crippen LogP) is 8.88. The van der Waals surface area contributed by atoms with Crippen LogP contribution in [0.15, 0.2) is 97.1 Å². The van der Waals surface area contributed by atoms with E-state index >= 15 is 0 Å². The standard InChI is InChI=1S/C19H17ClF3NO4.C15H10ClF3O3.C4H9NO2.Cl2OS/c1-12(25)24-9-10-27-18(26)17(13-5-7-15(20)8-6-13)28-16-4-2-3-14(11-16)19(21,22)23;16-11-6-4-9(5-7-11)13(14(20)21)22-12-3-1-2-10(8-12)15(17,18)19;1-4(7)5-2-3-6;1-4(2)3/h2-8,11,17H,9-10H2,1H3,(H,24,25);1-8,13H,(H,20,21);6H,2-3H2,1H3,(H,5,7);. The van der Waals surface area contributed by atoms with Gasteiger partial charge in [-0.15, -0.1) is 0 Å². The van der Waals surface area contributed by atoms with Crippen LogP contribution in [0.25, 0.3) is 0 Å². The van der Waals surface area contributed by atoms with E-state index < -0.39 is 56.9 Å². The number of carbonyl (C=O) groups is 4. The Morgan fingerprint density at radius 1 is 0.672 bits per heavy atom. The van der Waals surface area contributed by atoms with Gasteiger partial charge in [-0.05, 0) is 60.7 Å². The fraction of sp³-hybridized carbons (Fsp3) is 0.263. The predicted molar refractivity (Wildman–Crippen MR) is 215 cm³/mol. The average molecular weight is 969 g/mol. The summed E-state index contributed by atoms with van der Waals surface area (Å²) >= 11 is 11.6. The molecule has 0 heterocycles. The molecule has 0 aliphatic heterocycles. The van der Waals surface area contributed by atoms with Crippen LogP contribution in [0, 0.1) is 0 Å². The minimum absolute atomic E-state index is 0.0135. The van der Waals surface area contributed by atoms with Crippen LogP contribution in [0.2, 0.25) is 10.0 Å². The number of ether oxygens (including phenoxy) is 3. The molecule has 0 radical (unpaired) electrons. The van der Waals surface area contributed by atoms with Crippen molar-refractivity contribution in [2.24, 2.45) is 0 Å². The zero-order chi connectivity index (χ0) is 46.3. The number of hydrogen-bond donors (Lipinski definition) is 4. The molecule has 0 aliphatic carbocycles. The van der Waals surface area contributed by atoms with Crippen LogP contribution in [-0.4, -0.2) is 64.5 Å². The zero-order valence-electron chi connectivity index (χ0n) is 31.6. The number of aliphatic hydroxyl groups is 1. The van der Waals surface area contributed by atoms with Gasteiger partial charge in [0.05, 0.1) is 24.3 Å². The first-order valence-electron chi connectivity index (χ1n) is 16.9. The second-order valence-corrected chi connectivity index (χ2v) is 14.9. The molecule has 4 aromatic rings. The van der Waals surface area contributed by atoms with Gasteiger partial charge in [0, 0.05) is 62.9 Å². The number of amides is 2. The third kappa shape index (κ3) is 23.1. The fourth-order valence-electron chi connectivity index (χ4n) is 4.24. The third-order valence-electron chi connectivity index (χ3n) is 6.82. The molecule has 2 atom stereocenters. The Kier molecular flexibility index (Phi) is 24.2. The first-order chi connectivity index (χ1) is 28.4. The molecule has 4 rings (SSSR count). The normalized spacial score (nSPS) is 11.7. The summed E-state index contributed by atoms with van der Waals surface area (Å²) < 4.78 is 102. The van der Waals surface area contributed by atoms with Crippen LogP contribution in [-0.2, 0) is 45.5 Å². The van der Waals surface area contributed by atoms with Gasteiger partial charge in [-0.3, -0.25) is 9.59 Å². The summed E-state index contributed by atoms with van der Waals surface area (Å²) in [5.41, 5.74) is -1.19. The quantitative estimate of drug-likeness (QED) is 0.0438. The second kappa shape index (κ2) is 27.2. The maximum Gasteiger partial charge on any atom is 0.416 e. The topological polar surface area (TPSA) is 178 Å². The number of hydrogen-bond acceptors (Lipinski definition) is 9. The van der Waals surface area contributed by atoms with E-state index in [9.17, 15) is 50.6 Å². The molecular weight excluding hydrogens is 932 g/mol. The molecule has 12 nitrogen and oxygen atoms in total. The van der Waals surface area contributed by atoms with Crippen LogP contribution >= 0.6 is 44.6 Å². The van der Waals surface area contributed by atoms with E-state index in [1.807, 2.05) is 0 Å². The van der Waals surface area contributed by atoms with Gasteiger partial charge in [0.1, 0.15) is 18.1 Å². The molecule has 0 saturated carbocycles. The minimum atomic E-state index is -4.55. The summed E-state index contributed by atoms with van der Waals surface area (Å²) in [6, 6.07) is 20.1. The molecule has 334 valence electrons. The first kappa shape index (κ1) is 54.2. The molecule has 61 heavy (non-hydrogen) atoms. The van der Waals surface area contributed by atoms with E-state index in [4.69, 9.17) is 46.7 Å². The number of rotatable bonds is 13. The molecule has 2 unspecified atom stereocenters. The molecule has 0 aliphatic rings. The molecule has 0 saturated heterocycles. The Morgan fingerprint density at radius 2 is 1.05 bits per heavy atom. The van der Waals surface area contributed by atoms with Crippen molar-refractivity contribution >= 4 is 77.5 Å². The lowest BCUT2D eigenvalue weighted by Gasteiger charge is -2.19. The molecule has 4 N–H and O–H groups in total. The Hall–Kier alpha value is -4.79. The van der Waals surface area contributed by atoms with Crippen molar-refractivity contribution in [1.82, 2.24) is 10.6 Å². The summed E-state index contributed by atoms with van der Waals surface area (Å²) in [4.78, 5) is 44.6. The number of carboxylic acids is 1. The molecular formula is C38H36Cl4F6N2O10S. The maximum atomic E-state index is 12.9. The van der Waals surface area contributed by atoms with Crippen molar-refractivity contribution in [3.8, 4) is 11.5 Å². The van der Waals surface area contributed by atoms with Crippen molar-refractivity contribution in [2.75, 3.05) is 26.3 Å². The monoisotopic (exact) mass is 966 g/mol.